The summed E-state index contributed by atoms with van der Waals surface area (Å²) >= 11 is 1.40. The van der Waals surface area contributed by atoms with E-state index in [0.717, 1.165) is 16.0 Å². The van der Waals surface area contributed by atoms with E-state index >= 15 is 0 Å². The number of benzene rings is 1. The molecular formula is C17H15FN2O3S. The Morgan fingerprint density at radius 3 is 2.58 bits per heavy atom. The Kier molecular flexibility index (Phi) is 4.19. The van der Waals surface area contributed by atoms with Crippen molar-refractivity contribution in [3.8, 4) is 11.1 Å². The van der Waals surface area contributed by atoms with Gasteiger partial charge in [-0.2, -0.15) is 0 Å². The number of aryl methyl sites for hydroxylation is 2. The average molecular weight is 346 g/mol. The number of carboxylic acid groups (broad SMARTS) is 1. The minimum absolute atomic E-state index is 0.0701. The Labute approximate surface area is 141 Å². The Morgan fingerprint density at radius 2 is 1.96 bits per heavy atom. The lowest BCUT2D eigenvalue weighted by molar-refractivity contribution is -0.137. The molecule has 5 nitrogen and oxygen atoms in total. The van der Waals surface area contributed by atoms with Crippen LogP contribution in [0.15, 0.2) is 29.1 Å². The third kappa shape index (κ3) is 2.82. The number of rotatable bonds is 4. The molecular weight excluding hydrogens is 331 g/mol. The highest BCUT2D eigenvalue weighted by atomic mass is 32.1. The average Bonchev–Trinajstić information content (AvgIpc) is 2.83. The highest BCUT2D eigenvalue weighted by Gasteiger charge is 2.18. The molecule has 0 radical (unpaired) electrons. The second kappa shape index (κ2) is 6.16. The van der Waals surface area contributed by atoms with Crippen LogP contribution < -0.4 is 5.56 Å². The van der Waals surface area contributed by atoms with E-state index in [-0.39, 0.29) is 24.3 Å². The van der Waals surface area contributed by atoms with Crippen LogP contribution in [0.5, 0.6) is 0 Å². The minimum Gasteiger partial charge on any atom is -0.481 e. The largest absolute Gasteiger partial charge is 0.481 e. The molecule has 24 heavy (non-hydrogen) atoms. The molecule has 0 saturated heterocycles. The van der Waals surface area contributed by atoms with Gasteiger partial charge in [0, 0.05) is 17.0 Å². The van der Waals surface area contributed by atoms with Crippen LogP contribution in [0.2, 0.25) is 0 Å². The molecule has 0 saturated carbocycles. The Morgan fingerprint density at radius 1 is 1.29 bits per heavy atom. The van der Waals surface area contributed by atoms with Crippen molar-refractivity contribution in [3.63, 3.8) is 0 Å². The van der Waals surface area contributed by atoms with E-state index in [2.05, 4.69) is 4.98 Å². The number of hydrogen-bond acceptors (Lipinski definition) is 4. The van der Waals surface area contributed by atoms with Gasteiger partial charge < -0.3 is 5.11 Å². The molecule has 124 valence electrons. The van der Waals surface area contributed by atoms with Crippen molar-refractivity contribution in [1.29, 1.82) is 0 Å². The highest BCUT2D eigenvalue weighted by Crippen LogP contribution is 2.35. The van der Waals surface area contributed by atoms with Crippen molar-refractivity contribution < 1.29 is 14.3 Å². The molecule has 2 aromatic heterocycles. The first-order chi connectivity index (χ1) is 11.4. The first kappa shape index (κ1) is 16.3. The topological polar surface area (TPSA) is 72.2 Å². The summed E-state index contributed by atoms with van der Waals surface area (Å²) in [6.45, 7) is 3.65. The van der Waals surface area contributed by atoms with Gasteiger partial charge >= 0.3 is 5.97 Å². The Balaban J connectivity index is 2.25. The second-order valence-corrected chi connectivity index (χ2v) is 6.68. The van der Waals surface area contributed by atoms with Gasteiger partial charge in [-0.15, -0.1) is 11.3 Å². The Bertz CT molecular complexity index is 990. The second-order valence-electron chi connectivity index (χ2n) is 5.48. The fourth-order valence-electron chi connectivity index (χ4n) is 2.73. The van der Waals surface area contributed by atoms with Gasteiger partial charge in [0.15, 0.2) is 0 Å². The van der Waals surface area contributed by atoms with Gasteiger partial charge in [-0.05, 0) is 31.5 Å². The van der Waals surface area contributed by atoms with Crippen LogP contribution in [0.3, 0.4) is 0 Å². The minimum atomic E-state index is -0.971. The highest BCUT2D eigenvalue weighted by molar-refractivity contribution is 7.19. The van der Waals surface area contributed by atoms with E-state index in [9.17, 15) is 14.0 Å². The molecule has 0 aliphatic rings. The third-order valence-electron chi connectivity index (χ3n) is 3.86. The van der Waals surface area contributed by atoms with Gasteiger partial charge in [0.25, 0.3) is 5.56 Å². The Hall–Kier alpha value is -2.54. The molecule has 1 N–H and O–H groups in total. The number of aliphatic carboxylic acids is 1. The maximum absolute atomic E-state index is 13.2. The van der Waals surface area contributed by atoms with Crippen LogP contribution in [-0.4, -0.2) is 20.6 Å². The number of nitrogens with zero attached hydrogens (tertiary/aromatic N) is 2. The van der Waals surface area contributed by atoms with Crippen molar-refractivity contribution >= 4 is 27.5 Å². The molecule has 1 aromatic carbocycles. The van der Waals surface area contributed by atoms with Crippen LogP contribution in [0.1, 0.15) is 17.1 Å². The van der Waals surface area contributed by atoms with Crippen molar-refractivity contribution in [2.45, 2.75) is 26.8 Å². The summed E-state index contributed by atoms with van der Waals surface area (Å²) < 4.78 is 14.6. The molecule has 0 amide bonds. The number of hydrogen-bond donors (Lipinski definition) is 1. The van der Waals surface area contributed by atoms with Gasteiger partial charge in [0.1, 0.15) is 16.5 Å². The zero-order chi connectivity index (χ0) is 17.4. The van der Waals surface area contributed by atoms with Crippen molar-refractivity contribution in [2.24, 2.45) is 0 Å². The van der Waals surface area contributed by atoms with Gasteiger partial charge in [0.05, 0.1) is 11.8 Å². The van der Waals surface area contributed by atoms with Gasteiger partial charge in [0.2, 0.25) is 0 Å². The SMILES string of the molecule is Cc1sc2nc(C)n(CCC(=O)O)c(=O)c2c1-c1ccc(F)cc1. The zero-order valence-corrected chi connectivity index (χ0v) is 14.0. The quantitative estimate of drug-likeness (QED) is 0.786. The maximum Gasteiger partial charge on any atom is 0.305 e. The van der Waals surface area contributed by atoms with Crippen molar-refractivity contribution in [1.82, 2.24) is 9.55 Å². The number of thiophene rings is 1. The summed E-state index contributed by atoms with van der Waals surface area (Å²) in [6.07, 6.45) is -0.150. The summed E-state index contributed by atoms with van der Waals surface area (Å²) in [6, 6.07) is 5.96. The zero-order valence-electron chi connectivity index (χ0n) is 13.2. The summed E-state index contributed by atoms with van der Waals surface area (Å²) in [5, 5.41) is 9.32. The number of carboxylic acids is 1. The maximum atomic E-state index is 13.2. The molecule has 0 bridgehead atoms. The standard InChI is InChI=1S/C17H15FN2O3S/c1-9-14(11-3-5-12(18)6-4-11)15-16(24-9)19-10(2)20(17(15)23)8-7-13(21)22/h3-6H,7-8H2,1-2H3,(H,21,22). The predicted molar refractivity (Wildman–Crippen MR) is 91.0 cm³/mol. The molecule has 3 aromatic rings. The molecule has 0 atom stereocenters. The van der Waals surface area contributed by atoms with Crippen molar-refractivity contribution in [2.75, 3.05) is 0 Å². The molecule has 0 fully saturated rings. The smallest absolute Gasteiger partial charge is 0.305 e. The molecule has 2 heterocycles. The van der Waals surface area contributed by atoms with Crippen LogP contribution in [0.4, 0.5) is 4.39 Å². The van der Waals surface area contributed by atoms with Crippen LogP contribution >= 0.6 is 11.3 Å². The van der Waals surface area contributed by atoms with Gasteiger partial charge in [-0.1, -0.05) is 12.1 Å². The first-order valence-corrected chi connectivity index (χ1v) is 8.18. The fourth-order valence-corrected chi connectivity index (χ4v) is 3.81. The van der Waals surface area contributed by atoms with E-state index in [1.807, 2.05) is 6.92 Å². The van der Waals surface area contributed by atoms with Crippen molar-refractivity contribution in [3.05, 3.63) is 51.1 Å². The molecule has 3 rings (SSSR count). The molecule has 0 aliphatic heterocycles. The lowest BCUT2D eigenvalue weighted by atomic mass is 10.0. The van der Waals surface area contributed by atoms with E-state index in [1.165, 1.54) is 28.0 Å². The number of halogens is 1. The number of aromatic nitrogens is 2. The van der Waals surface area contributed by atoms with Gasteiger partial charge in [-0.25, -0.2) is 9.37 Å². The van der Waals surface area contributed by atoms with E-state index in [1.54, 1.807) is 19.1 Å². The molecule has 0 spiro atoms. The molecule has 7 heteroatoms. The summed E-state index contributed by atoms with van der Waals surface area (Å²) in [5.74, 6) is -0.828. The molecule has 0 aliphatic carbocycles. The van der Waals surface area contributed by atoms with E-state index < -0.39 is 5.97 Å². The predicted octanol–water partition coefficient (Wildman–Crippen LogP) is 3.36. The van der Waals surface area contributed by atoms with Crippen LogP contribution in [0.25, 0.3) is 21.3 Å². The van der Waals surface area contributed by atoms with Gasteiger partial charge in [-0.3, -0.25) is 14.2 Å². The normalized spacial score (nSPS) is 11.1. The van der Waals surface area contributed by atoms with Crippen LogP contribution in [-0.2, 0) is 11.3 Å². The monoisotopic (exact) mass is 346 g/mol. The summed E-state index contributed by atoms with van der Waals surface area (Å²) in [4.78, 5) is 29.7. The third-order valence-corrected chi connectivity index (χ3v) is 4.86. The van der Waals surface area contributed by atoms with E-state index in [4.69, 9.17) is 5.11 Å². The first-order valence-electron chi connectivity index (χ1n) is 7.36. The van der Waals surface area contributed by atoms with E-state index in [0.29, 0.717) is 16.0 Å². The number of carbonyl (C=O) groups is 1. The lowest BCUT2D eigenvalue weighted by Gasteiger charge is -2.09. The van der Waals surface area contributed by atoms with Crippen LogP contribution in [0, 0.1) is 19.7 Å². The summed E-state index contributed by atoms with van der Waals surface area (Å²) in [7, 11) is 0. The molecule has 0 unspecified atom stereocenters. The summed E-state index contributed by atoms with van der Waals surface area (Å²) in [5.41, 5.74) is 1.21. The lowest BCUT2D eigenvalue weighted by Crippen LogP contribution is -2.24. The fraction of sp³-hybridized carbons (Fsp3) is 0.235. The number of fused-ring (bicyclic) bond motifs is 1.